The normalized spacial score (nSPS) is 13.0. The van der Waals surface area contributed by atoms with Crippen LogP contribution in [0, 0.1) is 10.1 Å². The maximum atomic E-state index is 11.7. The molecule has 0 N–H and O–H groups in total. The first-order chi connectivity index (χ1) is 9.98. The second-order valence-corrected chi connectivity index (χ2v) is 4.39. The highest BCUT2D eigenvalue weighted by atomic mass is 16.6. The summed E-state index contributed by atoms with van der Waals surface area (Å²) in [6, 6.07) is 0. The first-order valence-corrected chi connectivity index (χ1v) is 7.08. The molecule has 0 unspecified atom stereocenters. The Morgan fingerprint density at radius 1 is 1.29 bits per heavy atom. The van der Waals surface area contributed by atoms with E-state index in [-0.39, 0.29) is 24.7 Å². The van der Waals surface area contributed by atoms with E-state index in [1.54, 1.807) is 6.92 Å². The molecule has 0 bridgehead atoms. The van der Waals surface area contributed by atoms with Gasteiger partial charge in [-0.05, 0) is 25.8 Å². The molecule has 21 heavy (non-hydrogen) atoms. The lowest BCUT2D eigenvalue weighted by atomic mass is 10.1. The number of carbonyl (C=O) groups is 2. The topological polar surface area (TPSA) is 95.7 Å². The second kappa shape index (κ2) is 11.0. The van der Waals surface area contributed by atoms with Gasteiger partial charge in [0.05, 0.1) is 12.7 Å². The van der Waals surface area contributed by atoms with Gasteiger partial charge < -0.3 is 14.3 Å². The number of nitrogens with zero attached hydrogens (tertiary/aromatic N) is 1. The van der Waals surface area contributed by atoms with Gasteiger partial charge in [0.25, 0.3) is 0 Å². The van der Waals surface area contributed by atoms with Crippen LogP contribution in [0.25, 0.3) is 0 Å². The molecular formula is C14H23NO6. The molecule has 0 radical (unpaired) electrons. The number of hydrogen-bond donors (Lipinski definition) is 0. The van der Waals surface area contributed by atoms with E-state index in [2.05, 4.69) is 0 Å². The van der Waals surface area contributed by atoms with Crippen molar-refractivity contribution in [1.82, 2.24) is 0 Å². The van der Waals surface area contributed by atoms with Gasteiger partial charge in [0.2, 0.25) is 6.54 Å². The van der Waals surface area contributed by atoms with Crippen LogP contribution in [0.1, 0.15) is 40.0 Å². The van der Waals surface area contributed by atoms with Crippen LogP contribution in [0.2, 0.25) is 0 Å². The highest BCUT2D eigenvalue weighted by Crippen LogP contribution is 2.12. The minimum absolute atomic E-state index is 0.0941. The van der Waals surface area contributed by atoms with E-state index in [0.717, 1.165) is 12.8 Å². The summed E-state index contributed by atoms with van der Waals surface area (Å²) in [5.74, 6) is -0.653. The first-order valence-electron chi connectivity index (χ1n) is 7.08. The third-order valence-electron chi connectivity index (χ3n) is 2.86. The zero-order valence-corrected chi connectivity index (χ0v) is 12.7. The molecule has 0 aliphatic rings. The van der Waals surface area contributed by atoms with Crippen molar-refractivity contribution in [2.24, 2.45) is 0 Å². The lowest BCUT2D eigenvalue weighted by molar-refractivity contribution is -0.479. The van der Waals surface area contributed by atoms with Gasteiger partial charge in [0.15, 0.2) is 6.29 Å². The average Bonchev–Trinajstić information content (AvgIpc) is 2.46. The highest BCUT2D eigenvalue weighted by Gasteiger charge is 2.18. The number of hydrogen-bond acceptors (Lipinski definition) is 6. The van der Waals surface area contributed by atoms with Crippen molar-refractivity contribution in [2.75, 3.05) is 13.2 Å². The molecule has 0 aromatic carbocycles. The molecule has 7 heteroatoms. The van der Waals surface area contributed by atoms with Crippen LogP contribution in [-0.2, 0) is 19.1 Å². The number of rotatable bonds is 11. The summed E-state index contributed by atoms with van der Waals surface area (Å²) < 4.78 is 10.4. The van der Waals surface area contributed by atoms with Crippen molar-refractivity contribution < 1.29 is 24.0 Å². The molecule has 120 valence electrons. The minimum Gasteiger partial charge on any atom is -0.463 e. The van der Waals surface area contributed by atoms with Crippen LogP contribution in [0.3, 0.4) is 0 Å². The fraction of sp³-hybridized carbons (Fsp3) is 0.714. The molecule has 0 amide bonds. The van der Waals surface area contributed by atoms with E-state index in [4.69, 9.17) is 9.47 Å². The van der Waals surface area contributed by atoms with Crippen LogP contribution >= 0.6 is 0 Å². The van der Waals surface area contributed by atoms with Crippen LogP contribution in [-0.4, -0.2) is 42.5 Å². The number of esters is 1. The van der Waals surface area contributed by atoms with Gasteiger partial charge in [-0.15, -0.1) is 0 Å². The molecule has 0 rings (SSSR count). The molecule has 0 heterocycles. The number of ether oxygens (including phenoxy) is 2. The fourth-order valence-electron chi connectivity index (χ4n) is 1.70. The van der Waals surface area contributed by atoms with E-state index >= 15 is 0 Å². The minimum atomic E-state index is -0.902. The summed E-state index contributed by atoms with van der Waals surface area (Å²) in [5, 5.41) is 10.4. The van der Waals surface area contributed by atoms with E-state index in [1.165, 1.54) is 6.08 Å². The summed E-state index contributed by atoms with van der Waals surface area (Å²) in [5.41, 5.74) is 0.0941. The van der Waals surface area contributed by atoms with Gasteiger partial charge in [-0.1, -0.05) is 13.8 Å². The molecule has 0 aliphatic heterocycles. The van der Waals surface area contributed by atoms with Crippen LogP contribution in [0.4, 0.5) is 0 Å². The molecular weight excluding hydrogens is 278 g/mol. The Bertz CT molecular complexity index is 376. The van der Waals surface area contributed by atoms with Gasteiger partial charge in [0, 0.05) is 16.9 Å². The molecule has 0 spiro atoms. The van der Waals surface area contributed by atoms with Gasteiger partial charge >= 0.3 is 5.97 Å². The summed E-state index contributed by atoms with van der Waals surface area (Å²) in [4.78, 5) is 32.7. The van der Waals surface area contributed by atoms with E-state index in [1.807, 2.05) is 13.8 Å². The quantitative estimate of drug-likeness (QED) is 0.190. The van der Waals surface area contributed by atoms with Crippen LogP contribution in [0.15, 0.2) is 11.6 Å². The van der Waals surface area contributed by atoms with Crippen molar-refractivity contribution in [3.63, 3.8) is 0 Å². The molecule has 1 atom stereocenters. The zero-order valence-electron chi connectivity index (χ0n) is 12.7. The first kappa shape index (κ1) is 19.2. The molecule has 0 saturated carbocycles. The predicted octanol–water partition coefficient (Wildman–Crippen LogP) is 1.92. The Balaban J connectivity index is 5.00. The van der Waals surface area contributed by atoms with Crippen LogP contribution in [0.5, 0.6) is 0 Å². The smallest absolute Gasteiger partial charge is 0.334 e. The molecule has 0 aromatic rings. The van der Waals surface area contributed by atoms with E-state index in [0.29, 0.717) is 6.29 Å². The van der Waals surface area contributed by atoms with E-state index < -0.39 is 23.5 Å². The summed E-state index contributed by atoms with van der Waals surface area (Å²) in [7, 11) is 0. The molecule has 7 nitrogen and oxygen atoms in total. The monoisotopic (exact) mass is 301 g/mol. The van der Waals surface area contributed by atoms with Gasteiger partial charge in [-0.3, -0.25) is 10.1 Å². The summed E-state index contributed by atoms with van der Waals surface area (Å²) >= 11 is 0. The average molecular weight is 301 g/mol. The van der Waals surface area contributed by atoms with Gasteiger partial charge in [-0.25, -0.2) is 4.79 Å². The molecule has 0 fully saturated rings. The third-order valence-corrected chi connectivity index (χ3v) is 2.86. The molecule has 0 saturated heterocycles. The second-order valence-electron chi connectivity index (χ2n) is 4.39. The van der Waals surface area contributed by atoms with Crippen molar-refractivity contribution in [2.45, 2.75) is 52.2 Å². The van der Waals surface area contributed by atoms with Gasteiger partial charge in [0.1, 0.15) is 6.10 Å². The lowest BCUT2D eigenvalue weighted by Crippen LogP contribution is -2.23. The third kappa shape index (κ3) is 8.19. The summed E-state index contributed by atoms with van der Waals surface area (Å²) in [6.45, 7) is 5.26. The van der Waals surface area contributed by atoms with Gasteiger partial charge in [-0.2, -0.15) is 0 Å². The number of nitro groups is 1. The Hall–Kier alpha value is -1.76. The van der Waals surface area contributed by atoms with Crippen molar-refractivity contribution >= 4 is 12.3 Å². The van der Waals surface area contributed by atoms with Crippen molar-refractivity contribution in [3.05, 3.63) is 21.8 Å². The number of aldehydes is 1. The highest BCUT2D eigenvalue weighted by molar-refractivity contribution is 5.89. The zero-order chi connectivity index (χ0) is 16.3. The maximum absolute atomic E-state index is 11.7. The fourth-order valence-corrected chi connectivity index (χ4v) is 1.70. The number of carbonyl (C=O) groups excluding carboxylic acids is 2. The Morgan fingerprint density at radius 2 is 1.90 bits per heavy atom. The maximum Gasteiger partial charge on any atom is 0.334 e. The summed E-state index contributed by atoms with van der Waals surface area (Å²) in [6.07, 6.45) is 2.26. The molecule has 0 aromatic heterocycles. The predicted molar refractivity (Wildman–Crippen MR) is 76.5 cm³/mol. The largest absolute Gasteiger partial charge is 0.463 e. The Kier molecular flexibility index (Phi) is 10.0. The van der Waals surface area contributed by atoms with E-state index in [9.17, 15) is 19.7 Å². The van der Waals surface area contributed by atoms with Crippen LogP contribution < -0.4 is 0 Å². The SMILES string of the molecule is CCOC(=O)/C(=C/[C@H](C=O)OC(CC)CC)CC[N+](=O)[O-]. The standard InChI is InChI=1S/C14H23NO6/c1-4-12(5-2)21-13(10-16)9-11(7-8-15(18)19)14(17)20-6-3/h9-10,12-13H,4-8H2,1-3H3/b11-9+/t13-/m1/s1. The Labute approximate surface area is 124 Å². The molecule has 0 aliphatic carbocycles. The lowest BCUT2D eigenvalue weighted by Gasteiger charge is -2.17. The Morgan fingerprint density at radius 3 is 2.33 bits per heavy atom. The van der Waals surface area contributed by atoms with Crippen molar-refractivity contribution in [1.29, 1.82) is 0 Å². The van der Waals surface area contributed by atoms with Crippen molar-refractivity contribution in [3.8, 4) is 0 Å².